The van der Waals surface area contributed by atoms with Crippen LogP contribution in [0.15, 0.2) is 77.7 Å². The van der Waals surface area contributed by atoms with Crippen molar-refractivity contribution in [3.8, 4) is 0 Å². The number of carbonyl (C=O) groups excluding carboxylic acids is 1. The Balaban J connectivity index is 1.43. The van der Waals surface area contributed by atoms with Crippen molar-refractivity contribution in [3.63, 3.8) is 0 Å². The molecular formula is C29H29F3N2O5S. The van der Waals surface area contributed by atoms with E-state index in [1.165, 1.54) is 24.3 Å². The van der Waals surface area contributed by atoms with Crippen molar-refractivity contribution in [1.29, 1.82) is 0 Å². The smallest absolute Gasteiger partial charge is 0.416 e. The van der Waals surface area contributed by atoms with E-state index < -0.39 is 33.6 Å². The first-order valence-corrected chi connectivity index (χ1v) is 14.4. The summed E-state index contributed by atoms with van der Waals surface area (Å²) in [4.78, 5) is 26.6. The van der Waals surface area contributed by atoms with Gasteiger partial charge in [0.2, 0.25) is 0 Å². The molecule has 0 aliphatic carbocycles. The summed E-state index contributed by atoms with van der Waals surface area (Å²) in [5.74, 6) is -1.50. The highest BCUT2D eigenvalue weighted by molar-refractivity contribution is 7.91. The maximum absolute atomic E-state index is 13.0. The zero-order chi connectivity index (χ0) is 29.1. The van der Waals surface area contributed by atoms with Gasteiger partial charge in [-0.3, -0.25) is 4.79 Å². The maximum Gasteiger partial charge on any atom is 0.416 e. The monoisotopic (exact) mass is 574 g/mol. The van der Waals surface area contributed by atoms with E-state index in [1.54, 1.807) is 48.2 Å². The molecule has 1 heterocycles. The molecule has 4 rings (SSSR count). The summed E-state index contributed by atoms with van der Waals surface area (Å²) in [5.41, 5.74) is 1.65. The molecule has 40 heavy (non-hydrogen) atoms. The SMILES string of the molecule is CCS(=O)(=O)c1ccc(CNC(=O)c2ccc(N3CC(c4ccc(C(F)(F)F)cc4)CC[C@H]3C(=O)O)cc2)cc1. The van der Waals surface area contributed by atoms with Crippen LogP contribution in [-0.2, 0) is 27.4 Å². The Labute approximate surface area is 230 Å². The van der Waals surface area contributed by atoms with Gasteiger partial charge >= 0.3 is 12.1 Å². The second-order valence-corrected chi connectivity index (χ2v) is 12.0. The fourth-order valence-electron chi connectivity index (χ4n) is 4.80. The molecule has 3 aromatic carbocycles. The minimum Gasteiger partial charge on any atom is -0.480 e. The third kappa shape index (κ3) is 6.64. The second kappa shape index (κ2) is 11.7. The molecule has 1 saturated heterocycles. The number of halogens is 3. The molecule has 1 aliphatic rings. The van der Waals surface area contributed by atoms with Crippen molar-refractivity contribution < 1.29 is 36.3 Å². The van der Waals surface area contributed by atoms with Crippen LogP contribution in [0.5, 0.6) is 0 Å². The Bertz CT molecular complexity index is 1460. The van der Waals surface area contributed by atoms with Crippen molar-refractivity contribution in [3.05, 3.63) is 95.1 Å². The summed E-state index contributed by atoms with van der Waals surface area (Å²) < 4.78 is 62.8. The molecule has 1 amide bonds. The normalized spacial score (nSPS) is 17.9. The van der Waals surface area contributed by atoms with E-state index in [9.17, 15) is 36.3 Å². The quantitative estimate of drug-likeness (QED) is 0.380. The van der Waals surface area contributed by atoms with Gasteiger partial charge in [0, 0.05) is 30.3 Å². The molecule has 0 bridgehead atoms. The maximum atomic E-state index is 13.0. The average molecular weight is 575 g/mol. The van der Waals surface area contributed by atoms with Crippen LogP contribution in [0.1, 0.15) is 52.7 Å². The van der Waals surface area contributed by atoms with Gasteiger partial charge in [0.15, 0.2) is 9.84 Å². The van der Waals surface area contributed by atoms with Crippen LogP contribution in [-0.4, -0.2) is 43.7 Å². The standard InChI is InChI=1S/C29H29F3N2O5S/c1-2-40(38,39)25-14-3-19(4-15-25)17-33-27(35)21-7-12-24(13-8-21)34-18-22(9-16-26(34)28(36)37)20-5-10-23(11-6-20)29(30,31)32/h3-8,10-15,22,26H,2,9,16-18H2,1H3,(H,33,35)(H,36,37)/t22?,26-/m0/s1. The molecule has 2 N–H and O–H groups in total. The number of carboxylic acid groups (broad SMARTS) is 1. The van der Waals surface area contributed by atoms with Gasteiger partial charge in [-0.25, -0.2) is 13.2 Å². The zero-order valence-corrected chi connectivity index (χ0v) is 22.5. The first-order chi connectivity index (χ1) is 18.9. The lowest BCUT2D eigenvalue weighted by Gasteiger charge is -2.39. The molecule has 0 aromatic heterocycles. The van der Waals surface area contributed by atoms with Crippen LogP contribution in [0.3, 0.4) is 0 Å². The number of piperidine rings is 1. The lowest BCUT2D eigenvalue weighted by Crippen LogP contribution is -2.47. The van der Waals surface area contributed by atoms with Crippen molar-refractivity contribution in [2.45, 2.75) is 49.3 Å². The molecule has 3 aromatic rings. The van der Waals surface area contributed by atoms with Crippen LogP contribution in [0, 0.1) is 0 Å². The summed E-state index contributed by atoms with van der Waals surface area (Å²) in [7, 11) is -3.31. The number of nitrogens with zero attached hydrogens (tertiary/aromatic N) is 1. The van der Waals surface area contributed by atoms with Gasteiger partial charge in [-0.1, -0.05) is 31.2 Å². The van der Waals surface area contributed by atoms with Gasteiger partial charge in [0.05, 0.1) is 16.2 Å². The molecule has 0 radical (unpaired) electrons. The number of nitrogens with one attached hydrogen (secondary N) is 1. The number of alkyl halides is 3. The molecule has 1 fully saturated rings. The van der Waals surface area contributed by atoms with Gasteiger partial charge < -0.3 is 15.3 Å². The molecule has 212 valence electrons. The summed E-state index contributed by atoms with van der Waals surface area (Å²) in [6, 6.07) is 16.9. The van der Waals surface area contributed by atoms with Gasteiger partial charge in [-0.15, -0.1) is 0 Å². The fraction of sp³-hybridized carbons (Fsp3) is 0.310. The first-order valence-electron chi connectivity index (χ1n) is 12.8. The van der Waals surface area contributed by atoms with E-state index in [1.807, 2.05) is 0 Å². The number of rotatable bonds is 8. The van der Waals surface area contributed by atoms with E-state index in [2.05, 4.69) is 5.32 Å². The van der Waals surface area contributed by atoms with Crippen LogP contribution < -0.4 is 10.2 Å². The number of carbonyl (C=O) groups is 2. The molecule has 1 aliphatic heterocycles. The van der Waals surface area contributed by atoms with Crippen LogP contribution in [0.25, 0.3) is 0 Å². The van der Waals surface area contributed by atoms with Crippen LogP contribution in [0.4, 0.5) is 18.9 Å². The predicted molar refractivity (Wildman–Crippen MR) is 144 cm³/mol. The molecule has 1 unspecified atom stereocenters. The Kier molecular flexibility index (Phi) is 8.53. The van der Waals surface area contributed by atoms with Crippen LogP contribution >= 0.6 is 0 Å². The van der Waals surface area contributed by atoms with Crippen molar-refractivity contribution in [2.24, 2.45) is 0 Å². The Hall–Kier alpha value is -3.86. The van der Waals surface area contributed by atoms with E-state index in [0.717, 1.165) is 17.7 Å². The highest BCUT2D eigenvalue weighted by Crippen LogP contribution is 2.35. The van der Waals surface area contributed by atoms with Crippen molar-refractivity contribution >= 4 is 27.4 Å². The summed E-state index contributed by atoms with van der Waals surface area (Å²) in [6.07, 6.45) is -3.59. The number of anilines is 1. The third-order valence-electron chi connectivity index (χ3n) is 7.15. The second-order valence-electron chi connectivity index (χ2n) is 9.68. The molecular weight excluding hydrogens is 545 g/mol. The number of carboxylic acids is 1. The molecule has 0 spiro atoms. The Morgan fingerprint density at radius 1 is 0.950 bits per heavy atom. The van der Waals surface area contributed by atoms with Gasteiger partial charge in [-0.05, 0) is 72.5 Å². The summed E-state index contributed by atoms with van der Waals surface area (Å²) >= 11 is 0. The lowest BCUT2D eigenvalue weighted by molar-refractivity contribution is -0.139. The molecule has 0 saturated carbocycles. The molecule has 2 atom stereocenters. The number of amides is 1. The van der Waals surface area contributed by atoms with Gasteiger partial charge in [0.1, 0.15) is 6.04 Å². The van der Waals surface area contributed by atoms with Crippen molar-refractivity contribution in [2.75, 3.05) is 17.2 Å². The number of sulfone groups is 1. The topological polar surface area (TPSA) is 104 Å². The number of aliphatic carboxylic acids is 1. The van der Waals surface area contributed by atoms with Gasteiger partial charge in [-0.2, -0.15) is 13.2 Å². The summed E-state index contributed by atoms with van der Waals surface area (Å²) in [5, 5.41) is 12.6. The largest absolute Gasteiger partial charge is 0.480 e. The number of hydrogen-bond acceptors (Lipinski definition) is 5. The third-order valence-corrected chi connectivity index (χ3v) is 8.90. The Morgan fingerprint density at radius 2 is 1.57 bits per heavy atom. The lowest BCUT2D eigenvalue weighted by atomic mass is 9.86. The van der Waals surface area contributed by atoms with Gasteiger partial charge in [0.25, 0.3) is 5.91 Å². The first kappa shape index (κ1) is 29.1. The molecule has 7 nitrogen and oxygen atoms in total. The Morgan fingerprint density at radius 3 is 2.12 bits per heavy atom. The highest BCUT2D eigenvalue weighted by atomic mass is 32.2. The zero-order valence-electron chi connectivity index (χ0n) is 21.7. The predicted octanol–water partition coefficient (Wildman–Crippen LogP) is 5.27. The number of hydrogen-bond donors (Lipinski definition) is 2. The minimum absolute atomic E-state index is 0.000566. The highest BCUT2D eigenvalue weighted by Gasteiger charge is 2.35. The van der Waals surface area contributed by atoms with Crippen molar-refractivity contribution in [1.82, 2.24) is 5.32 Å². The summed E-state index contributed by atoms with van der Waals surface area (Å²) in [6.45, 7) is 2.06. The average Bonchev–Trinajstić information content (AvgIpc) is 2.95. The van der Waals surface area contributed by atoms with E-state index >= 15 is 0 Å². The van der Waals surface area contributed by atoms with Crippen LogP contribution in [0.2, 0.25) is 0 Å². The fourth-order valence-corrected chi connectivity index (χ4v) is 5.68. The minimum atomic E-state index is -4.43. The van der Waals surface area contributed by atoms with E-state index in [4.69, 9.17) is 0 Å². The van der Waals surface area contributed by atoms with E-state index in [-0.39, 0.29) is 29.0 Å². The molecule has 11 heteroatoms. The van der Waals surface area contributed by atoms with E-state index in [0.29, 0.717) is 36.2 Å². The number of benzene rings is 3.